The van der Waals surface area contributed by atoms with Gasteiger partial charge in [0.25, 0.3) is 0 Å². The zero-order valence-electron chi connectivity index (χ0n) is 6.23. The van der Waals surface area contributed by atoms with Gasteiger partial charge in [-0.2, -0.15) is 5.26 Å². The van der Waals surface area contributed by atoms with Crippen LogP contribution in [0.4, 0.5) is 5.69 Å². The molecule has 0 atom stereocenters. The predicted octanol–water partition coefficient (Wildman–Crippen LogP) is 0.263. The number of rotatable bonds is 1. The van der Waals surface area contributed by atoms with Crippen molar-refractivity contribution < 1.29 is 0 Å². The lowest BCUT2D eigenvalue weighted by atomic mass is 10.4. The summed E-state index contributed by atoms with van der Waals surface area (Å²) in [6, 6.07) is 3.32. The highest BCUT2D eigenvalue weighted by Gasteiger charge is 2.06. The molecule has 1 aromatic heterocycles. The monoisotopic (exact) mass is 161 g/mol. The molecule has 0 spiro atoms. The molecule has 0 amide bonds. The summed E-state index contributed by atoms with van der Waals surface area (Å²) in [5, 5.41) is 15.6. The zero-order chi connectivity index (χ0) is 8.97. The standard InChI is InChI=1S/C7H7N5/c8-5-12(7(9)10)6-2-1-3-11-4-6/h1-4H,(H3,9,10). The van der Waals surface area contributed by atoms with E-state index in [1.165, 1.54) is 6.20 Å². The maximum absolute atomic E-state index is 8.58. The van der Waals surface area contributed by atoms with Crippen molar-refractivity contribution in [3.8, 4) is 6.19 Å². The average molecular weight is 161 g/mol. The average Bonchev–Trinajstić information content (AvgIpc) is 2.07. The highest BCUT2D eigenvalue weighted by Crippen LogP contribution is 2.08. The van der Waals surface area contributed by atoms with Gasteiger partial charge in [0.2, 0.25) is 5.96 Å². The molecule has 0 saturated heterocycles. The van der Waals surface area contributed by atoms with Crippen LogP contribution in [0.3, 0.4) is 0 Å². The molecule has 1 rings (SSSR count). The summed E-state index contributed by atoms with van der Waals surface area (Å²) in [6.07, 6.45) is 4.81. The Kier molecular flexibility index (Phi) is 2.23. The van der Waals surface area contributed by atoms with Gasteiger partial charge in [-0.05, 0) is 12.1 Å². The number of hydrogen-bond donors (Lipinski definition) is 2. The maximum atomic E-state index is 8.58. The number of nitriles is 1. The second-order valence-corrected chi connectivity index (χ2v) is 2.03. The van der Waals surface area contributed by atoms with E-state index in [0.717, 1.165) is 4.90 Å². The Morgan fingerprint density at radius 2 is 2.50 bits per heavy atom. The number of anilines is 1. The first-order valence-corrected chi connectivity index (χ1v) is 3.19. The fourth-order valence-electron chi connectivity index (χ4n) is 0.737. The van der Waals surface area contributed by atoms with Crippen LogP contribution >= 0.6 is 0 Å². The molecule has 0 aliphatic carbocycles. The summed E-state index contributed by atoms with van der Waals surface area (Å²) < 4.78 is 0. The minimum atomic E-state index is -0.314. The normalized spacial score (nSPS) is 8.58. The summed E-state index contributed by atoms with van der Waals surface area (Å²) in [6.45, 7) is 0. The number of hydrogen-bond acceptors (Lipinski definition) is 3. The van der Waals surface area contributed by atoms with E-state index in [0.29, 0.717) is 5.69 Å². The molecule has 0 unspecified atom stereocenters. The highest BCUT2D eigenvalue weighted by atomic mass is 15.2. The van der Waals surface area contributed by atoms with Crippen LogP contribution in [0.5, 0.6) is 0 Å². The topological polar surface area (TPSA) is 89.8 Å². The number of nitrogens with two attached hydrogens (primary N) is 1. The molecule has 60 valence electrons. The second kappa shape index (κ2) is 3.34. The first-order chi connectivity index (χ1) is 5.75. The van der Waals surface area contributed by atoms with Crippen molar-refractivity contribution in [2.24, 2.45) is 5.73 Å². The maximum Gasteiger partial charge on any atom is 0.206 e. The minimum Gasteiger partial charge on any atom is -0.369 e. The van der Waals surface area contributed by atoms with Gasteiger partial charge in [0.05, 0.1) is 11.9 Å². The summed E-state index contributed by atoms with van der Waals surface area (Å²) in [4.78, 5) is 4.77. The molecule has 0 bridgehead atoms. The number of nitrogens with zero attached hydrogens (tertiary/aromatic N) is 3. The lowest BCUT2D eigenvalue weighted by molar-refractivity contribution is 1.21. The van der Waals surface area contributed by atoms with E-state index in [1.807, 2.05) is 0 Å². The van der Waals surface area contributed by atoms with Crippen LogP contribution in [0.1, 0.15) is 0 Å². The summed E-state index contributed by atoms with van der Waals surface area (Å²) >= 11 is 0. The van der Waals surface area contributed by atoms with Crippen molar-refractivity contribution in [1.82, 2.24) is 4.98 Å². The number of aromatic nitrogens is 1. The molecule has 0 aromatic carbocycles. The number of nitrogens with one attached hydrogen (secondary N) is 1. The Bertz CT molecular complexity index is 312. The Balaban J connectivity index is 2.98. The van der Waals surface area contributed by atoms with Crippen LogP contribution in [0.15, 0.2) is 24.5 Å². The van der Waals surface area contributed by atoms with Crippen molar-refractivity contribution >= 4 is 11.6 Å². The third kappa shape index (κ3) is 1.49. The van der Waals surface area contributed by atoms with E-state index >= 15 is 0 Å². The molecular formula is C7H7N5. The Morgan fingerprint density at radius 1 is 1.75 bits per heavy atom. The summed E-state index contributed by atoms with van der Waals surface area (Å²) in [5.74, 6) is -0.314. The third-order valence-electron chi connectivity index (χ3n) is 1.25. The van der Waals surface area contributed by atoms with E-state index in [1.54, 1.807) is 24.5 Å². The lowest BCUT2D eigenvalue weighted by Gasteiger charge is -2.10. The van der Waals surface area contributed by atoms with E-state index in [9.17, 15) is 0 Å². The summed E-state index contributed by atoms with van der Waals surface area (Å²) in [7, 11) is 0. The summed E-state index contributed by atoms with van der Waals surface area (Å²) in [5.41, 5.74) is 5.63. The molecule has 0 aliphatic rings. The molecule has 0 radical (unpaired) electrons. The molecule has 3 N–H and O–H groups in total. The third-order valence-corrected chi connectivity index (χ3v) is 1.25. The lowest BCUT2D eigenvalue weighted by Crippen LogP contribution is -2.32. The van der Waals surface area contributed by atoms with Crippen molar-refractivity contribution in [2.45, 2.75) is 0 Å². The van der Waals surface area contributed by atoms with Gasteiger partial charge < -0.3 is 5.73 Å². The van der Waals surface area contributed by atoms with Crippen LogP contribution in [-0.2, 0) is 0 Å². The van der Waals surface area contributed by atoms with Crippen molar-refractivity contribution in [1.29, 1.82) is 10.7 Å². The van der Waals surface area contributed by atoms with Gasteiger partial charge >= 0.3 is 0 Å². The van der Waals surface area contributed by atoms with Crippen molar-refractivity contribution in [3.05, 3.63) is 24.5 Å². The first-order valence-electron chi connectivity index (χ1n) is 3.19. The molecule has 5 nitrogen and oxygen atoms in total. The molecule has 12 heavy (non-hydrogen) atoms. The van der Waals surface area contributed by atoms with Gasteiger partial charge in [-0.25, -0.2) is 4.90 Å². The molecule has 0 fully saturated rings. The van der Waals surface area contributed by atoms with E-state index in [-0.39, 0.29) is 5.96 Å². The van der Waals surface area contributed by atoms with E-state index in [2.05, 4.69) is 4.98 Å². The fourth-order valence-corrected chi connectivity index (χ4v) is 0.737. The van der Waals surface area contributed by atoms with Crippen LogP contribution in [0.2, 0.25) is 0 Å². The smallest absolute Gasteiger partial charge is 0.206 e. The molecule has 5 heteroatoms. The van der Waals surface area contributed by atoms with Crippen LogP contribution in [-0.4, -0.2) is 10.9 Å². The SMILES string of the molecule is N#CN(C(=N)N)c1cccnc1. The van der Waals surface area contributed by atoms with Crippen molar-refractivity contribution in [2.75, 3.05) is 4.90 Å². The highest BCUT2D eigenvalue weighted by molar-refractivity contribution is 5.94. The predicted molar refractivity (Wildman–Crippen MR) is 44.2 cm³/mol. The van der Waals surface area contributed by atoms with Gasteiger partial charge in [0.1, 0.15) is 0 Å². The van der Waals surface area contributed by atoms with Gasteiger partial charge in [0.15, 0.2) is 6.19 Å². The molecule has 0 aliphatic heterocycles. The second-order valence-electron chi connectivity index (χ2n) is 2.03. The number of guanidine groups is 1. The zero-order valence-corrected chi connectivity index (χ0v) is 6.23. The molecule has 1 heterocycles. The molecule has 0 saturated carbocycles. The van der Waals surface area contributed by atoms with Crippen LogP contribution in [0, 0.1) is 16.9 Å². The van der Waals surface area contributed by atoms with Gasteiger partial charge in [0, 0.05) is 6.20 Å². The van der Waals surface area contributed by atoms with Crippen molar-refractivity contribution in [3.63, 3.8) is 0 Å². The first kappa shape index (κ1) is 8.01. The van der Waals surface area contributed by atoms with Gasteiger partial charge in [-0.1, -0.05) is 0 Å². The minimum absolute atomic E-state index is 0.314. The molecular weight excluding hydrogens is 154 g/mol. The van der Waals surface area contributed by atoms with Crippen LogP contribution in [0.25, 0.3) is 0 Å². The molecule has 1 aromatic rings. The van der Waals surface area contributed by atoms with Gasteiger partial charge in [-0.3, -0.25) is 10.4 Å². The van der Waals surface area contributed by atoms with Gasteiger partial charge in [-0.15, -0.1) is 0 Å². The Hall–Kier alpha value is -2.09. The Morgan fingerprint density at radius 3 is 2.92 bits per heavy atom. The Labute approximate surface area is 69.6 Å². The quantitative estimate of drug-likeness (QED) is 0.267. The van der Waals surface area contributed by atoms with E-state index in [4.69, 9.17) is 16.4 Å². The largest absolute Gasteiger partial charge is 0.369 e. The number of pyridine rings is 1. The fraction of sp³-hybridized carbons (Fsp3) is 0. The van der Waals surface area contributed by atoms with Crippen LogP contribution < -0.4 is 10.6 Å². The van der Waals surface area contributed by atoms with E-state index < -0.39 is 0 Å².